The van der Waals surface area contributed by atoms with Crippen molar-refractivity contribution in [1.29, 1.82) is 0 Å². The molecule has 6 heteroatoms. The van der Waals surface area contributed by atoms with Gasteiger partial charge in [0.2, 0.25) is 11.8 Å². The van der Waals surface area contributed by atoms with Crippen LogP contribution in [0.2, 0.25) is 0 Å². The van der Waals surface area contributed by atoms with Crippen LogP contribution in [-0.4, -0.2) is 61.0 Å². The Bertz CT molecular complexity index is 807. The summed E-state index contributed by atoms with van der Waals surface area (Å²) in [6, 6.07) is 17.0. The number of carbonyl (C=O) groups excluding carboxylic acids is 2. The number of piperazine rings is 1. The molecule has 0 N–H and O–H groups in total. The van der Waals surface area contributed by atoms with Crippen LogP contribution < -0.4 is 9.47 Å². The number of rotatable bonds is 9. The van der Waals surface area contributed by atoms with Crippen molar-refractivity contribution in [2.24, 2.45) is 0 Å². The molecule has 1 atom stereocenters. The largest absolute Gasteiger partial charge is 0.497 e. The molecule has 2 aromatic carbocycles. The summed E-state index contributed by atoms with van der Waals surface area (Å²) >= 11 is 0. The highest BCUT2D eigenvalue weighted by Crippen LogP contribution is 2.18. The minimum atomic E-state index is -0.437. The zero-order valence-corrected chi connectivity index (χ0v) is 17.0. The van der Waals surface area contributed by atoms with E-state index >= 15 is 0 Å². The molecule has 0 saturated carbocycles. The fraction of sp³-hybridized carbons (Fsp3) is 0.391. The van der Waals surface area contributed by atoms with Crippen molar-refractivity contribution in [3.63, 3.8) is 0 Å². The Balaban J connectivity index is 1.44. The van der Waals surface area contributed by atoms with Gasteiger partial charge in [-0.05, 0) is 49.6 Å². The van der Waals surface area contributed by atoms with E-state index in [4.69, 9.17) is 9.47 Å². The summed E-state index contributed by atoms with van der Waals surface area (Å²) in [5.41, 5.74) is 1.17. The van der Waals surface area contributed by atoms with Crippen LogP contribution in [0, 0.1) is 0 Å². The molecule has 0 radical (unpaired) electrons. The van der Waals surface area contributed by atoms with E-state index in [1.54, 1.807) is 23.8 Å². The molecule has 1 heterocycles. The summed E-state index contributed by atoms with van der Waals surface area (Å²) in [5, 5.41) is 0. The number of nitrogens with zero attached hydrogens (tertiary/aromatic N) is 2. The third kappa shape index (κ3) is 5.50. The highest BCUT2D eigenvalue weighted by Gasteiger charge is 2.35. The molecule has 1 aliphatic heterocycles. The summed E-state index contributed by atoms with van der Waals surface area (Å²) in [7, 11) is 1.62. The van der Waals surface area contributed by atoms with Gasteiger partial charge in [0.1, 0.15) is 17.5 Å². The molecule has 1 aliphatic rings. The van der Waals surface area contributed by atoms with Crippen molar-refractivity contribution in [3.8, 4) is 11.5 Å². The fourth-order valence-electron chi connectivity index (χ4n) is 3.46. The predicted molar refractivity (Wildman–Crippen MR) is 111 cm³/mol. The second-order valence-electron chi connectivity index (χ2n) is 7.14. The standard InChI is InChI=1S/C23H28N2O4/c1-18-23(27)24(15-13-19-7-4-3-5-8-19)17-22(26)25(18)14-6-16-29-21-11-9-20(28-2)10-12-21/h3-5,7-12,18H,6,13-17H2,1-2H3/t18-/m1/s1. The smallest absolute Gasteiger partial charge is 0.245 e. The van der Waals surface area contributed by atoms with E-state index in [2.05, 4.69) is 0 Å². The lowest BCUT2D eigenvalue weighted by Crippen LogP contribution is -2.59. The van der Waals surface area contributed by atoms with Crippen LogP contribution in [-0.2, 0) is 16.0 Å². The van der Waals surface area contributed by atoms with E-state index in [0.29, 0.717) is 26.1 Å². The van der Waals surface area contributed by atoms with Crippen LogP contribution in [0.15, 0.2) is 54.6 Å². The highest BCUT2D eigenvalue weighted by molar-refractivity contribution is 5.94. The molecule has 0 bridgehead atoms. The van der Waals surface area contributed by atoms with Gasteiger partial charge in [-0.3, -0.25) is 9.59 Å². The molecular formula is C23H28N2O4. The van der Waals surface area contributed by atoms with Crippen molar-refractivity contribution in [2.45, 2.75) is 25.8 Å². The number of methoxy groups -OCH3 is 1. The van der Waals surface area contributed by atoms with Gasteiger partial charge in [0.15, 0.2) is 0 Å². The maximum absolute atomic E-state index is 12.7. The van der Waals surface area contributed by atoms with Crippen molar-refractivity contribution >= 4 is 11.8 Å². The zero-order chi connectivity index (χ0) is 20.6. The first-order chi connectivity index (χ1) is 14.1. The summed E-state index contributed by atoms with van der Waals surface area (Å²) < 4.78 is 10.8. The lowest BCUT2D eigenvalue weighted by atomic mass is 10.1. The Morgan fingerprint density at radius 3 is 2.34 bits per heavy atom. The third-order valence-electron chi connectivity index (χ3n) is 5.17. The van der Waals surface area contributed by atoms with Crippen LogP contribution >= 0.6 is 0 Å². The quantitative estimate of drug-likeness (QED) is 0.612. The Morgan fingerprint density at radius 2 is 1.66 bits per heavy atom. The Kier molecular flexibility index (Phi) is 7.11. The fourth-order valence-corrected chi connectivity index (χ4v) is 3.46. The molecule has 2 aromatic rings. The number of ether oxygens (including phenoxy) is 2. The van der Waals surface area contributed by atoms with E-state index in [0.717, 1.165) is 17.9 Å². The molecule has 0 aromatic heterocycles. The number of hydrogen-bond donors (Lipinski definition) is 0. The number of carbonyl (C=O) groups is 2. The second kappa shape index (κ2) is 9.96. The zero-order valence-electron chi connectivity index (χ0n) is 17.0. The average molecular weight is 396 g/mol. The number of hydrogen-bond acceptors (Lipinski definition) is 4. The lowest BCUT2D eigenvalue weighted by Gasteiger charge is -2.38. The van der Waals surface area contributed by atoms with Gasteiger partial charge >= 0.3 is 0 Å². The van der Waals surface area contributed by atoms with E-state index in [1.807, 2.05) is 54.6 Å². The average Bonchev–Trinajstić information content (AvgIpc) is 2.76. The number of benzene rings is 2. The maximum Gasteiger partial charge on any atom is 0.245 e. The highest BCUT2D eigenvalue weighted by atomic mass is 16.5. The Hall–Kier alpha value is -3.02. The van der Waals surface area contributed by atoms with Gasteiger partial charge in [0.25, 0.3) is 0 Å². The Labute approximate surface area is 172 Å². The lowest BCUT2D eigenvalue weighted by molar-refractivity contribution is -0.155. The van der Waals surface area contributed by atoms with Crippen LogP contribution in [0.1, 0.15) is 18.9 Å². The molecule has 0 spiro atoms. The minimum Gasteiger partial charge on any atom is -0.497 e. The van der Waals surface area contributed by atoms with Gasteiger partial charge in [0.05, 0.1) is 20.3 Å². The molecule has 1 fully saturated rings. The van der Waals surface area contributed by atoms with E-state index in [1.165, 1.54) is 5.56 Å². The van der Waals surface area contributed by atoms with Gasteiger partial charge in [-0.25, -0.2) is 0 Å². The summed E-state index contributed by atoms with van der Waals surface area (Å²) in [6.07, 6.45) is 1.42. The first kappa shape index (κ1) is 20.7. The molecule has 154 valence electrons. The maximum atomic E-state index is 12.7. The van der Waals surface area contributed by atoms with Crippen LogP contribution in [0.3, 0.4) is 0 Å². The van der Waals surface area contributed by atoms with Gasteiger partial charge in [-0.2, -0.15) is 0 Å². The molecule has 2 amide bonds. The van der Waals surface area contributed by atoms with Gasteiger partial charge < -0.3 is 19.3 Å². The van der Waals surface area contributed by atoms with Crippen LogP contribution in [0.4, 0.5) is 0 Å². The second-order valence-corrected chi connectivity index (χ2v) is 7.14. The number of amides is 2. The molecular weight excluding hydrogens is 368 g/mol. The monoisotopic (exact) mass is 396 g/mol. The van der Waals surface area contributed by atoms with Crippen molar-refractivity contribution < 1.29 is 19.1 Å². The van der Waals surface area contributed by atoms with Crippen molar-refractivity contribution in [2.75, 3.05) is 33.4 Å². The van der Waals surface area contributed by atoms with Crippen molar-refractivity contribution in [1.82, 2.24) is 9.80 Å². The first-order valence-electron chi connectivity index (χ1n) is 9.97. The SMILES string of the molecule is COc1ccc(OCCCN2C(=O)CN(CCc3ccccc3)C(=O)[C@H]2C)cc1. The summed E-state index contributed by atoms with van der Waals surface area (Å²) in [4.78, 5) is 28.6. The molecule has 6 nitrogen and oxygen atoms in total. The minimum absolute atomic E-state index is 0.00499. The molecule has 1 saturated heterocycles. The van der Waals surface area contributed by atoms with E-state index in [9.17, 15) is 9.59 Å². The normalized spacial score (nSPS) is 16.8. The first-order valence-corrected chi connectivity index (χ1v) is 9.97. The van der Waals surface area contributed by atoms with E-state index in [-0.39, 0.29) is 18.4 Å². The Morgan fingerprint density at radius 1 is 0.966 bits per heavy atom. The molecule has 0 aliphatic carbocycles. The predicted octanol–water partition coefficient (Wildman–Crippen LogP) is 2.77. The van der Waals surface area contributed by atoms with Gasteiger partial charge in [-0.1, -0.05) is 30.3 Å². The van der Waals surface area contributed by atoms with E-state index < -0.39 is 6.04 Å². The molecule has 0 unspecified atom stereocenters. The summed E-state index contributed by atoms with van der Waals surface area (Å²) in [6.45, 7) is 3.51. The van der Waals surface area contributed by atoms with Crippen LogP contribution in [0.25, 0.3) is 0 Å². The summed E-state index contributed by atoms with van der Waals surface area (Å²) in [5.74, 6) is 1.54. The van der Waals surface area contributed by atoms with Crippen molar-refractivity contribution in [3.05, 3.63) is 60.2 Å². The molecule has 3 rings (SSSR count). The van der Waals surface area contributed by atoms with Crippen LogP contribution in [0.5, 0.6) is 11.5 Å². The van der Waals surface area contributed by atoms with Gasteiger partial charge in [0, 0.05) is 13.1 Å². The third-order valence-corrected chi connectivity index (χ3v) is 5.17. The molecule has 29 heavy (non-hydrogen) atoms. The van der Waals surface area contributed by atoms with Gasteiger partial charge in [-0.15, -0.1) is 0 Å². The topological polar surface area (TPSA) is 59.1 Å².